The summed E-state index contributed by atoms with van der Waals surface area (Å²) in [6.07, 6.45) is 6.39. The first-order valence-corrected chi connectivity index (χ1v) is 9.07. The first-order chi connectivity index (χ1) is 9.51. The topological polar surface area (TPSA) is 12.0 Å². The highest BCUT2D eigenvalue weighted by Crippen LogP contribution is 2.33. The molecule has 0 bridgehead atoms. The van der Waals surface area contributed by atoms with Crippen LogP contribution in [0.1, 0.15) is 58.9 Å². The zero-order valence-corrected chi connectivity index (χ0v) is 15.7. The van der Waals surface area contributed by atoms with Crippen LogP contribution in [0.2, 0.25) is 0 Å². The van der Waals surface area contributed by atoms with E-state index in [2.05, 4.69) is 79.9 Å². The minimum Gasteiger partial charge on any atom is -0.314 e. The molecule has 0 aliphatic rings. The van der Waals surface area contributed by atoms with Gasteiger partial charge in [-0.25, -0.2) is 0 Å². The fourth-order valence-electron chi connectivity index (χ4n) is 2.67. The summed E-state index contributed by atoms with van der Waals surface area (Å²) in [5.74, 6) is 0. The summed E-state index contributed by atoms with van der Waals surface area (Å²) >= 11 is 2.38. The quantitative estimate of drug-likeness (QED) is 0.558. The monoisotopic (exact) mass is 387 g/mol. The van der Waals surface area contributed by atoms with Crippen LogP contribution >= 0.6 is 22.6 Å². The van der Waals surface area contributed by atoms with Crippen molar-refractivity contribution in [3.63, 3.8) is 0 Å². The maximum absolute atomic E-state index is 3.68. The van der Waals surface area contributed by atoms with E-state index < -0.39 is 0 Å². The smallest absolute Gasteiger partial charge is 0.0130 e. The SMILES string of the molecule is CCCCC(CC)(CNC(C)C)Cc1ccc(I)cc1. The summed E-state index contributed by atoms with van der Waals surface area (Å²) in [4.78, 5) is 0. The van der Waals surface area contributed by atoms with Gasteiger partial charge in [-0.15, -0.1) is 0 Å². The van der Waals surface area contributed by atoms with Crippen LogP contribution in [0.15, 0.2) is 24.3 Å². The van der Waals surface area contributed by atoms with Gasteiger partial charge in [-0.2, -0.15) is 0 Å². The van der Waals surface area contributed by atoms with Crippen molar-refractivity contribution in [3.8, 4) is 0 Å². The molecule has 0 radical (unpaired) electrons. The van der Waals surface area contributed by atoms with Gasteiger partial charge in [0.15, 0.2) is 0 Å². The van der Waals surface area contributed by atoms with E-state index in [0.29, 0.717) is 11.5 Å². The molecule has 1 aromatic carbocycles. The van der Waals surface area contributed by atoms with E-state index in [4.69, 9.17) is 0 Å². The normalized spacial score (nSPS) is 14.5. The molecule has 0 saturated carbocycles. The number of rotatable bonds is 9. The Hall–Kier alpha value is -0.0900. The van der Waals surface area contributed by atoms with Crippen molar-refractivity contribution in [2.75, 3.05) is 6.54 Å². The second-order valence-corrected chi connectivity index (χ2v) is 7.54. The van der Waals surface area contributed by atoms with Crippen LogP contribution < -0.4 is 5.32 Å². The van der Waals surface area contributed by atoms with Crippen molar-refractivity contribution in [1.29, 1.82) is 0 Å². The highest BCUT2D eigenvalue weighted by atomic mass is 127. The summed E-state index contributed by atoms with van der Waals surface area (Å²) < 4.78 is 1.32. The molecule has 1 nitrogen and oxygen atoms in total. The zero-order chi connectivity index (χ0) is 15.0. The van der Waals surface area contributed by atoms with Gasteiger partial charge in [0, 0.05) is 16.2 Å². The maximum Gasteiger partial charge on any atom is 0.0130 e. The van der Waals surface area contributed by atoms with Crippen molar-refractivity contribution in [3.05, 3.63) is 33.4 Å². The fraction of sp³-hybridized carbons (Fsp3) is 0.667. The molecule has 1 aromatic rings. The molecule has 0 heterocycles. The molecule has 114 valence electrons. The van der Waals surface area contributed by atoms with Gasteiger partial charge in [-0.3, -0.25) is 0 Å². The first-order valence-electron chi connectivity index (χ1n) is 7.99. The van der Waals surface area contributed by atoms with Crippen LogP contribution in [0, 0.1) is 8.99 Å². The number of hydrogen-bond donors (Lipinski definition) is 1. The number of halogens is 1. The first kappa shape index (κ1) is 18.0. The van der Waals surface area contributed by atoms with Crippen molar-refractivity contribution in [1.82, 2.24) is 5.32 Å². The number of nitrogens with one attached hydrogen (secondary N) is 1. The Morgan fingerprint density at radius 2 is 1.80 bits per heavy atom. The number of hydrogen-bond acceptors (Lipinski definition) is 1. The van der Waals surface area contributed by atoms with Crippen LogP contribution in [0.4, 0.5) is 0 Å². The van der Waals surface area contributed by atoms with Gasteiger partial charge in [0.05, 0.1) is 0 Å². The fourth-order valence-corrected chi connectivity index (χ4v) is 3.03. The molecule has 2 heteroatoms. The minimum absolute atomic E-state index is 0.410. The molecule has 20 heavy (non-hydrogen) atoms. The molecule has 1 unspecified atom stereocenters. The molecule has 0 amide bonds. The van der Waals surface area contributed by atoms with E-state index in [9.17, 15) is 0 Å². The molecule has 1 rings (SSSR count). The Morgan fingerprint density at radius 3 is 2.30 bits per heavy atom. The predicted octanol–water partition coefficient (Wildman–Crippen LogP) is 5.42. The average Bonchev–Trinajstić information content (AvgIpc) is 2.44. The molecule has 0 aliphatic carbocycles. The summed E-state index contributed by atoms with van der Waals surface area (Å²) in [6.45, 7) is 10.3. The van der Waals surface area contributed by atoms with Crippen LogP contribution in [-0.2, 0) is 6.42 Å². The van der Waals surface area contributed by atoms with Gasteiger partial charge >= 0.3 is 0 Å². The van der Waals surface area contributed by atoms with Gasteiger partial charge in [-0.1, -0.05) is 52.7 Å². The molecule has 1 atom stereocenters. The lowest BCUT2D eigenvalue weighted by atomic mass is 9.75. The van der Waals surface area contributed by atoms with E-state index in [-0.39, 0.29) is 0 Å². The Labute approximate surface area is 139 Å². The summed E-state index contributed by atoms with van der Waals surface area (Å²) in [6, 6.07) is 9.62. The highest BCUT2D eigenvalue weighted by Gasteiger charge is 2.27. The van der Waals surface area contributed by atoms with E-state index in [1.165, 1.54) is 41.2 Å². The second kappa shape index (κ2) is 9.04. The Bertz CT molecular complexity index is 372. The minimum atomic E-state index is 0.410. The third-order valence-electron chi connectivity index (χ3n) is 4.19. The predicted molar refractivity (Wildman–Crippen MR) is 98.3 cm³/mol. The van der Waals surface area contributed by atoms with Crippen LogP contribution in [0.5, 0.6) is 0 Å². The third kappa shape index (κ3) is 6.13. The largest absolute Gasteiger partial charge is 0.314 e. The summed E-state index contributed by atoms with van der Waals surface area (Å²) in [5, 5.41) is 3.68. The lowest BCUT2D eigenvalue weighted by molar-refractivity contribution is 0.223. The lowest BCUT2D eigenvalue weighted by Gasteiger charge is -2.34. The summed E-state index contributed by atoms with van der Waals surface area (Å²) in [7, 11) is 0. The van der Waals surface area contributed by atoms with Gasteiger partial charge in [0.25, 0.3) is 0 Å². The third-order valence-corrected chi connectivity index (χ3v) is 4.91. The standard InChI is InChI=1S/C18H30IN/c1-5-7-12-18(6-2,14-20-15(3)4)13-16-8-10-17(19)11-9-16/h8-11,15,20H,5-7,12-14H2,1-4H3. The second-order valence-electron chi connectivity index (χ2n) is 6.30. The van der Waals surface area contributed by atoms with Gasteiger partial charge in [0.2, 0.25) is 0 Å². The number of unbranched alkanes of at least 4 members (excludes halogenated alkanes) is 1. The van der Waals surface area contributed by atoms with Gasteiger partial charge in [-0.05, 0) is 65.0 Å². The molecular weight excluding hydrogens is 357 g/mol. The molecule has 0 aromatic heterocycles. The van der Waals surface area contributed by atoms with E-state index in [1.807, 2.05) is 0 Å². The molecule has 0 saturated heterocycles. The van der Waals surface area contributed by atoms with Gasteiger partial charge < -0.3 is 5.32 Å². The van der Waals surface area contributed by atoms with Crippen molar-refractivity contribution >= 4 is 22.6 Å². The molecule has 0 aliphatic heterocycles. The van der Waals surface area contributed by atoms with Crippen molar-refractivity contribution in [2.24, 2.45) is 5.41 Å². The molecule has 0 spiro atoms. The van der Waals surface area contributed by atoms with Crippen LogP contribution in [0.3, 0.4) is 0 Å². The summed E-state index contributed by atoms with van der Waals surface area (Å²) in [5.41, 5.74) is 1.89. The Balaban J connectivity index is 2.80. The van der Waals surface area contributed by atoms with Crippen molar-refractivity contribution in [2.45, 2.75) is 65.8 Å². The zero-order valence-electron chi connectivity index (χ0n) is 13.5. The van der Waals surface area contributed by atoms with Crippen LogP contribution in [-0.4, -0.2) is 12.6 Å². The maximum atomic E-state index is 3.68. The molecular formula is C18H30IN. The van der Waals surface area contributed by atoms with Crippen LogP contribution in [0.25, 0.3) is 0 Å². The highest BCUT2D eigenvalue weighted by molar-refractivity contribution is 14.1. The lowest BCUT2D eigenvalue weighted by Crippen LogP contribution is -2.39. The number of benzene rings is 1. The Kier molecular flexibility index (Phi) is 8.11. The van der Waals surface area contributed by atoms with E-state index in [0.717, 1.165) is 6.54 Å². The van der Waals surface area contributed by atoms with Gasteiger partial charge in [0.1, 0.15) is 0 Å². The molecule has 1 N–H and O–H groups in total. The Morgan fingerprint density at radius 1 is 1.15 bits per heavy atom. The average molecular weight is 387 g/mol. The van der Waals surface area contributed by atoms with E-state index >= 15 is 0 Å². The van der Waals surface area contributed by atoms with Crippen molar-refractivity contribution < 1.29 is 0 Å². The molecule has 0 fully saturated rings. The van der Waals surface area contributed by atoms with E-state index in [1.54, 1.807) is 0 Å².